The van der Waals surface area contributed by atoms with Crippen LogP contribution < -0.4 is 4.74 Å². The molecule has 120 valence electrons. The van der Waals surface area contributed by atoms with Gasteiger partial charge in [-0.25, -0.2) is 0 Å². The van der Waals surface area contributed by atoms with Gasteiger partial charge in [0.1, 0.15) is 5.75 Å². The third-order valence-electron chi connectivity index (χ3n) is 4.33. The second-order valence-electron chi connectivity index (χ2n) is 6.49. The van der Waals surface area contributed by atoms with Crippen molar-refractivity contribution in [2.24, 2.45) is 0 Å². The summed E-state index contributed by atoms with van der Waals surface area (Å²) in [7, 11) is 0. The van der Waals surface area contributed by atoms with Gasteiger partial charge in [-0.3, -0.25) is 0 Å². The van der Waals surface area contributed by atoms with E-state index in [1.165, 1.54) is 16.7 Å². The molecule has 0 aliphatic rings. The predicted octanol–water partition coefficient (Wildman–Crippen LogP) is 5.25. The summed E-state index contributed by atoms with van der Waals surface area (Å²) in [5, 5.41) is 9.58. The minimum absolute atomic E-state index is 0.456. The number of rotatable bonds is 6. The molecule has 0 bridgehead atoms. The van der Waals surface area contributed by atoms with E-state index < -0.39 is 5.41 Å². The minimum Gasteiger partial charge on any atom is -0.493 e. The van der Waals surface area contributed by atoms with Crippen molar-refractivity contribution in [2.75, 3.05) is 6.61 Å². The summed E-state index contributed by atoms with van der Waals surface area (Å²) in [6, 6.07) is 16.8. The number of benzene rings is 2. The first kappa shape index (κ1) is 17.1. The molecule has 0 aliphatic carbocycles. The first-order chi connectivity index (χ1) is 11.0. The van der Waals surface area contributed by atoms with Gasteiger partial charge in [0.15, 0.2) is 0 Å². The average Bonchev–Trinajstić information content (AvgIpc) is 2.53. The molecular weight excluding hydrogens is 282 g/mol. The standard InChI is InChI=1S/C21H25NO/c1-16-13-17(2)20(18(3)14-16)23-12-8-11-21(4,15-22)19-9-6-5-7-10-19/h5-7,9-10,13-14H,8,11-12H2,1-4H3. The predicted molar refractivity (Wildman–Crippen MR) is 94.8 cm³/mol. The lowest BCUT2D eigenvalue weighted by molar-refractivity contribution is 0.292. The summed E-state index contributed by atoms with van der Waals surface area (Å²) in [6.45, 7) is 8.90. The summed E-state index contributed by atoms with van der Waals surface area (Å²) in [6.07, 6.45) is 1.64. The molecular formula is C21H25NO. The Morgan fingerprint density at radius 2 is 1.65 bits per heavy atom. The Morgan fingerprint density at radius 1 is 1.04 bits per heavy atom. The van der Waals surface area contributed by atoms with Gasteiger partial charge in [-0.2, -0.15) is 5.26 Å². The Bertz CT molecular complexity index is 677. The maximum Gasteiger partial charge on any atom is 0.125 e. The number of nitriles is 1. The second kappa shape index (κ2) is 7.33. The summed E-state index contributed by atoms with van der Waals surface area (Å²) < 4.78 is 5.99. The third-order valence-corrected chi connectivity index (χ3v) is 4.33. The molecule has 2 rings (SSSR count). The van der Waals surface area contributed by atoms with Crippen LogP contribution in [0.5, 0.6) is 5.75 Å². The van der Waals surface area contributed by atoms with Gasteiger partial charge in [-0.1, -0.05) is 48.0 Å². The SMILES string of the molecule is Cc1cc(C)c(OCCCC(C)(C#N)c2ccccc2)c(C)c1. The van der Waals surface area contributed by atoms with Gasteiger partial charge in [0, 0.05) is 0 Å². The second-order valence-corrected chi connectivity index (χ2v) is 6.49. The molecule has 1 atom stereocenters. The van der Waals surface area contributed by atoms with Crippen molar-refractivity contribution in [1.29, 1.82) is 5.26 Å². The lowest BCUT2D eigenvalue weighted by Gasteiger charge is -2.22. The van der Waals surface area contributed by atoms with Crippen LogP contribution in [0.2, 0.25) is 0 Å². The number of nitrogens with zero attached hydrogens (tertiary/aromatic N) is 1. The fourth-order valence-corrected chi connectivity index (χ4v) is 3.07. The average molecular weight is 307 g/mol. The van der Waals surface area contributed by atoms with E-state index in [1.54, 1.807) is 0 Å². The summed E-state index contributed by atoms with van der Waals surface area (Å²) >= 11 is 0. The summed E-state index contributed by atoms with van der Waals surface area (Å²) in [5.74, 6) is 0.981. The minimum atomic E-state index is -0.456. The number of hydrogen-bond acceptors (Lipinski definition) is 2. The van der Waals surface area contributed by atoms with Gasteiger partial charge in [0.05, 0.1) is 18.1 Å². The monoisotopic (exact) mass is 307 g/mol. The zero-order valence-electron chi connectivity index (χ0n) is 14.5. The highest BCUT2D eigenvalue weighted by atomic mass is 16.5. The molecule has 0 aromatic heterocycles. The number of aryl methyl sites for hydroxylation is 3. The molecule has 0 heterocycles. The van der Waals surface area contributed by atoms with Gasteiger partial charge >= 0.3 is 0 Å². The zero-order valence-corrected chi connectivity index (χ0v) is 14.5. The van der Waals surface area contributed by atoms with Crippen LogP contribution in [-0.2, 0) is 5.41 Å². The number of hydrogen-bond donors (Lipinski definition) is 0. The Labute approximate surface area is 139 Å². The van der Waals surface area contributed by atoms with E-state index in [9.17, 15) is 5.26 Å². The van der Waals surface area contributed by atoms with Crippen LogP contribution in [0.4, 0.5) is 0 Å². The van der Waals surface area contributed by atoms with Crippen LogP contribution in [-0.4, -0.2) is 6.61 Å². The fraction of sp³-hybridized carbons (Fsp3) is 0.381. The molecule has 0 aliphatic heterocycles. The molecule has 0 radical (unpaired) electrons. The maximum absolute atomic E-state index is 9.58. The number of ether oxygens (including phenoxy) is 1. The van der Waals surface area contributed by atoms with E-state index in [0.717, 1.165) is 24.2 Å². The van der Waals surface area contributed by atoms with E-state index in [0.29, 0.717) is 6.61 Å². The Kier molecular flexibility index (Phi) is 5.45. The Morgan fingerprint density at radius 3 is 2.22 bits per heavy atom. The molecule has 2 nitrogen and oxygen atoms in total. The zero-order chi connectivity index (χ0) is 16.9. The first-order valence-corrected chi connectivity index (χ1v) is 8.14. The first-order valence-electron chi connectivity index (χ1n) is 8.14. The van der Waals surface area contributed by atoms with Crippen molar-refractivity contribution in [2.45, 2.75) is 46.0 Å². The third kappa shape index (κ3) is 4.13. The van der Waals surface area contributed by atoms with Crippen molar-refractivity contribution < 1.29 is 4.74 Å². The summed E-state index contributed by atoms with van der Waals surface area (Å²) in [4.78, 5) is 0. The van der Waals surface area contributed by atoms with Crippen LogP contribution in [0.3, 0.4) is 0 Å². The van der Waals surface area contributed by atoms with Crippen molar-refractivity contribution in [3.05, 3.63) is 64.7 Å². The molecule has 0 fully saturated rings. The normalized spacial score (nSPS) is 13.2. The smallest absolute Gasteiger partial charge is 0.125 e. The molecule has 0 saturated carbocycles. The molecule has 0 saturated heterocycles. The van der Waals surface area contributed by atoms with Gasteiger partial charge in [-0.15, -0.1) is 0 Å². The highest BCUT2D eigenvalue weighted by Gasteiger charge is 2.25. The lowest BCUT2D eigenvalue weighted by Crippen LogP contribution is -2.20. The van der Waals surface area contributed by atoms with Gasteiger partial charge in [0.2, 0.25) is 0 Å². The molecule has 1 unspecified atom stereocenters. The molecule has 2 aromatic carbocycles. The van der Waals surface area contributed by atoms with Crippen LogP contribution in [0.1, 0.15) is 42.0 Å². The lowest BCUT2D eigenvalue weighted by atomic mass is 9.80. The van der Waals surface area contributed by atoms with Crippen molar-refractivity contribution >= 4 is 0 Å². The molecule has 0 amide bonds. The van der Waals surface area contributed by atoms with Gasteiger partial charge < -0.3 is 4.74 Å². The molecule has 2 heteroatoms. The summed E-state index contributed by atoms with van der Waals surface area (Å²) in [5.41, 5.74) is 4.23. The maximum atomic E-state index is 9.58. The van der Waals surface area contributed by atoms with Crippen LogP contribution >= 0.6 is 0 Å². The highest BCUT2D eigenvalue weighted by molar-refractivity contribution is 5.42. The molecule has 2 aromatic rings. The van der Waals surface area contributed by atoms with E-state index in [-0.39, 0.29) is 0 Å². The van der Waals surface area contributed by atoms with Crippen molar-refractivity contribution in [3.63, 3.8) is 0 Å². The van der Waals surface area contributed by atoms with Gasteiger partial charge in [0.25, 0.3) is 0 Å². The van der Waals surface area contributed by atoms with E-state index in [2.05, 4.69) is 39.0 Å². The van der Waals surface area contributed by atoms with Crippen LogP contribution in [0.15, 0.2) is 42.5 Å². The molecule has 23 heavy (non-hydrogen) atoms. The molecule has 0 spiro atoms. The van der Waals surface area contributed by atoms with Crippen LogP contribution in [0.25, 0.3) is 0 Å². The van der Waals surface area contributed by atoms with E-state index >= 15 is 0 Å². The Hall–Kier alpha value is -2.27. The van der Waals surface area contributed by atoms with Crippen molar-refractivity contribution in [3.8, 4) is 11.8 Å². The highest BCUT2D eigenvalue weighted by Crippen LogP contribution is 2.29. The quantitative estimate of drug-likeness (QED) is 0.683. The molecule has 0 N–H and O–H groups in total. The van der Waals surface area contributed by atoms with E-state index in [1.807, 2.05) is 37.3 Å². The van der Waals surface area contributed by atoms with Crippen LogP contribution in [0, 0.1) is 32.1 Å². The van der Waals surface area contributed by atoms with Crippen molar-refractivity contribution in [1.82, 2.24) is 0 Å². The van der Waals surface area contributed by atoms with Gasteiger partial charge in [-0.05, 0) is 57.2 Å². The Balaban J connectivity index is 1.96. The van der Waals surface area contributed by atoms with E-state index in [4.69, 9.17) is 4.74 Å². The fourth-order valence-electron chi connectivity index (χ4n) is 3.07. The topological polar surface area (TPSA) is 33.0 Å². The largest absolute Gasteiger partial charge is 0.493 e.